The van der Waals surface area contributed by atoms with E-state index in [9.17, 15) is 0 Å². The third-order valence-electron chi connectivity index (χ3n) is 1.68. The quantitative estimate of drug-likeness (QED) is 0.560. The summed E-state index contributed by atoms with van der Waals surface area (Å²) in [5, 5.41) is 0.261. The van der Waals surface area contributed by atoms with Crippen LogP contribution in [0, 0.1) is 0 Å². The van der Waals surface area contributed by atoms with Gasteiger partial charge in [-0.2, -0.15) is 0 Å². The standard InChI is InChI=1S/C11H11ClN2/c1-3-5-6-9(4-2)10-7-13-11(12)14-8-10/h3-8H,1H2,2H3/b6-5-,9-4+. The Bertz CT molecular complexity index is 363. The number of rotatable bonds is 3. The average Bonchev–Trinajstić information content (AvgIpc) is 2.21. The van der Waals surface area contributed by atoms with Gasteiger partial charge in [0, 0.05) is 18.0 Å². The van der Waals surface area contributed by atoms with Gasteiger partial charge in [0.25, 0.3) is 0 Å². The molecule has 0 aliphatic carbocycles. The van der Waals surface area contributed by atoms with E-state index in [2.05, 4.69) is 16.5 Å². The molecule has 0 aromatic carbocycles. The van der Waals surface area contributed by atoms with Crippen LogP contribution in [0.3, 0.4) is 0 Å². The van der Waals surface area contributed by atoms with Crippen molar-refractivity contribution in [2.75, 3.05) is 0 Å². The maximum Gasteiger partial charge on any atom is 0.222 e. The van der Waals surface area contributed by atoms with Gasteiger partial charge in [0.15, 0.2) is 0 Å². The van der Waals surface area contributed by atoms with E-state index in [-0.39, 0.29) is 5.28 Å². The van der Waals surface area contributed by atoms with Crippen molar-refractivity contribution in [2.24, 2.45) is 0 Å². The molecule has 0 saturated heterocycles. The molecule has 0 amide bonds. The number of allylic oxidation sites excluding steroid dienone is 5. The molecule has 3 heteroatoms. The number of aromatic nitrogens is 2. The molecule has 1 heterocycles. The highest BCUT2D eigenvalue weighted by molar-refractivity contribution is 6.28. The van der Waals surface area contributed by atoms with Crippen molar-refractivity contribution in [3.05, 3.63) is 54.1 Å². The number of hydrogen-bond donors (Lipinski definition) is 0. The zero-order valence-corrected chi connectivity index (χ0v) is 8.70. The molecule has 0 radical (unpaired) electrons. The summed E-state index contributed by atoms with van der Waals surface area (Å²) in [7, 11) is 0. The molecule has 1 aromatic rings. The zero-order valence-electron chi connectivity index (χ0n) is 7.94. The van der Waals surface area contributed by atoms with Crippen LogP contribution in [0.5, 0.6) is 0 Å². The van der Waals surface area contributed by atoms with Crippen LogP contribution < -0.4 is 0 Å². The monoisotopic (exact) mass is 206 g/mol. The van der Waals surface area contributed by atoms with Crippen molar-refractivity contribution in [3.63, 3.8) is 0 Å². The van der Waals surface area contributed by atoms with Crippen LogP contribution in [0.15, 0.2) is 43.3 Å². The lowest BCUT2D eigenvalue weighted by atomic mass is 10.1. The molecule has 0 fully saturated rings. The summed E-state index contributed by atoms with van der Waals surface area (Å²) in [6.07, 6.45) is 10.9. The van der Waals surface area contributed by atoms with Gasteiger partial charge in [-0.3, -0.25) is 0 Å². The topological polar surface area (TPSA) is 25.8 Å². The van der Waals surface area contributed by atoms with E-state index in [0.29, 0.717) is 0 Å². The van der Waals surface area contributed by atoms with Gasteiger partial charge >= 0.3 is 0 Å². The second-order valence-corrected chi connectivity index (χ2v) is 2.92. The van der Waals surface area contributed by atoms with E-state index in [0.717, 1.165) is 11.1 Å². The van der Waals surface area contributed by atoms with Crippen LogP contribution in [0.25, 0.3) is 5.57 Å². The molecule has 0 N–H and O–H groups in total. The van der Waals surface area contributed by atoms with Gasteiger partial charge in [-0.05, 0) is 24.1 Å². The Kier molecular flexibility index (Phi) is 4.08. The Morgan fingerprint density at radius 2 is 2.07 bits per heavy atom. The lowest BCUT2D eigenvalue weighted by Crippen LogP contribution is -1.86. The first-order chi connectivity index (χ1) is 6.77. The van der Waals surface area contributed by atoms with Crippen molar-refractivity contribution < 1.29 is 0 Å². The first-order valence-corrected chi connectivity index (χ1v) is 4.59. The van der Waals surface area contributed by atoms with Crippen molar-refractivity contribution >= 4 is 17.2 Å². The molecule has 0 aliphatic heterocycles. The van der Waals surface area contributed by atoms with Gasteiger partial charge in [-0.1, -0.05) is 30.9 Å². The maximum absolute atomic E-state index is 5.59. The molecule has 2 nitrogen and oxygen atoms in total. The van der Waals surface area contributed by atoms with Gasteiger partial charge in [-0.25, -0.2) is 9.97 Å². The molecular formula is C11H11ClN2. The van der Waals surface area contributed by atoms with Crippen LogP contribution in [-0.4, -0.2) is 9.97 Å². The largest absolute Gasteiger partial charge is 0.226 e. The van der Waals surface area contributed by atoms with E-state index in [1.54, 1.807) is 18.5 Å². The van der Waals surface area contributed by atoms with Crippen LogP contribution in [-0.2, 0) is 0 Å². The Morgan fingerprint density at radius 1 is 1.43 bits per heavy atom. The zero-order chi connectivity index (χ0) is 10.4. The SMILES string of the molecule is C=C/C=C\C(=C/C)c1cnc(Cl)nc1. The predicted octanol–water partition coefficient (Wildman–Crippen LogP) is 3.28. The smallest absolute Gasteiger partial charge is 0.222 e. The van der Waals surface area contributed by atoms with Crippen LogP contribution in [0.1, 0.15) is 12.5 Å². The Morgan fingerprint density at radius 3 is 2.57 bits per heavy atom. The highest BCUT2D eigenvalue weighted by Crippen LogP contribution is 2.14. The predicted molar refractivity (Wildman–Crippen MR) is 60.0 cm³/mol. The summed E-state index contributed by atoms with van der Waals surface area (Å²) in [5.41, 5.74) is 1.98. The highest BCUT2D eigenvalue weighted by Gasteiger charge is 1.97. The minimum atomic E-state index is 0.261. The average molecular weight is 207 g/mol. The molecular weight excluding hydrogens is 196 g/mol. The van der Waals surface area contributed by atoms with Gasteiger partial charge in [0.1, 0.15) is 0 Å². The number of nitrogens with zero attached hydrogens (tertiary/aromatic N) is 2. The van der Waals surface area contributed by atoms with E-state index in [1.807, 2.05) is 25.2 Å². The van der Waals surface area contributed by atoms with Gasteiger partial charge < -0.3 is 0 Å². The third-order valence-corrected chi connectivity index (χ3v) is 1.87. The lowest BCUT2D eigenvalue weighted by molar-refractivity contribution is 1.15. The van der Waals surface area contributed by atoms with Crippen LogP contribution in [0.4, 0.5) is 0 Å². The van der Waals surface area contributed by atoms with E-state index in [4.69, 9.17) is 11.6 Å². The maximum atomic E-state index is 5.59. The van der Waals surface area contributed by atoms with E-state index < -0.39 is 0 Å². The summed E-state index contributed by atoms with van der Waals surface area (Å²) in [6, 6.07) is 0. The van der Waals surface area contributed by atoms with Gasteiger partial charge in [0.2, 0.25) is 5.28 Å². The van der Waals surface area contributed by atoms with Crippen molar-refractivity contribution in [3.8, 4) is 0 Å². The second kappa shape index (κ2) is 5.35. The second-order valence-electron chi connectivity index (χ2n) is 2.58. The summed E-state index contributed by atoms with van der Waals surface area (Å²) < 4.78 is 0. The Labute approximate surface area is 88.7 Å². The fourth-order valence-corrected chi connectivity index (χ4v) is 1.09. The lowest BCUT2D eigenvalue weighted by Gasteiger charge is -1.99. The molecule has 0 spiro atoms. The van der Waals surface area contributed by atoms with Crippen LogP contribution in [0.2, 0.25) is 5.28 Å². The molecule has 1 rings (SSSR count). The minimum Gasteiger partial charge on any atom is -0.226 e. The normalized spacial score (nSPS) is 12.0. The molecule has 0 aliphatic rings. The number of halogens is 1. The fourth-order valence-electron chi connectivity index (χ4n) is 0.992. The van der Waals surface area contributed by atoms with Crippen molar-refractivity contribution in [2.45, 2.75) is 6.92 Å². The molecule has 0 unspecified atom stereocenters. The first kappa shape index (κ1) is 10.7. The van der Waals surface area contributed by atoms with Gasteiger partial charge in [-0.15, -0.1) is 0 Å². The summed E-state index contributed by atoms with van der Waals surface area (Å²) in [4.78, 5) is 7.82. The van der Waals surface area contributed by atoms with E-state index in [1.165, 1.54) is 0 Å². The molecule has 0 atom stereocenters. The van der Waals surface area contributed by atoms with E-state index >= 15 is 0 Å². The highest BCUT2D eigenvalue weighted by atomic mass is 35.5. The fraction of sp³-hybridized carbons (Fsp3) is 0.0909. The molecule has 1 aromatic heterocycles. The molecule has 72 valence electrons. The third kappa shape index (κ3) is 2.82. The molecule has 14 heavy (non-hydrogen) atoms. The van der Waals surface area contributed by atoms with Crippen LogP contribution >= 0.6 is 11.6 Å². The van der Waals surface area contributed by atoms with Crippen molar-refractivity contribution in [1.29, 1.82) is 0 Å². The molecule has 0 bridgehead atoms. The summed E-state index contributed by atoms with van der Waals surface area (Å²) in [6.45, 7) is 5.56. The summed E-state index contributed by atoms with van der Waals surface area (Å²) >= 11 is 5.59. The first-order valence-electron chi connectivity index (χ1n) is 4.21. The summed E-state index contributed by atoms with van der Waals surface area (Å²) in [5.74, 6) is 0. The minimum absolute atomic E-state index is 0.261. The molecule has 0 saturated carbocycles. The number of hydrogen-bond acceptors (Lipinski definition) is 2. The van der Waals surface area contributed by atoms with Crippen molar-refractivity contribution in [1.82, 2.24) is 9.97 Å². The van der Waals surface area contributed by atoms with Gasteiger partial charge in [0.05, 0.1) is 0 Å². The Balaban J connectivity index is 2.96. The Hall–Kier alpha value is -1.41.